The fourth-order valence-corrected chi connectivity index (χ4v) is 6.32. The minimum atomic E-state index is -0.424. The maximum absolute atomic E-state index is 9.81. The van der Waals surface area contributed by atoms with Crippen molar-refractivity contribution in [2.45, 2.75) is 45.3 Å². The van der Waals surface area contributed by atoms with Gasteiger partial charge in [0.15, 0.2) is 0 Å². The molecule has 6 nitrogen and oxygen atoms in total. The SMILES string of the molecule is CC1(C)CC(/C=C/c2ccc(N(CCO)CCO)cc2)=CC(=C/C=C/C2=C(C#N)C(=C(C#N)C#N)SC2(C)C)/C1. The number of thioether (sulfide) groups is 1. The minimum absolute atomic E-state index is 0.0212. The molecule has 0 atom stereocenters. The van der Waals surface area contributed by atoms with E-state index in [0.717, 1.165) is 29.7 Å². The average molecular weight is 553 g/mol. The number of aliphatic hydroxyl groups is 2. The molecule has 0 saturated heterocycles. The molecule has 0 amide bonds. The highest BCUT2D eigenvalue weighted by Crippen LogP contribution is 2.51. The molecular formula is C33H36N4O2S. The lowest BCUT2D eigenvalue weighted by molar-refractivity contribution is 0.281. The average Bonchev–Trinajstić information content (AvgIpc) is 3.16. The Kier molecular flexibility index (Phi) is 10.4. The summed E-state index contributed by atoms with van der Waals surface area (Å²) in [5.41, 5.74) is 5.74. The van der Waals surface area contributed by atoms with Crippen LogP contribution in [0.2, 0.25) is 0 Å². The van der Waals surface area contributed by atoms with E-state index in [-0.39, 0.29) is 24.2 Å². The molecule has 0 radical (unpaired) electrons. The van der Waals surface area contributed by atoms with Crippen LogP contribution in [0.25, 0.3) is 6.08 Å². The number of rotatable bonds is 9. The van der Waals surface area contributed by atoms with Crippen LogP contribution in [-0.4, -0.2) is 41.3 Å². The van der Waals surface area contributed by atoms with E-state index in [2.05, 4.69) is 44.2 Å². The summed E-state index contributed by atoms with van der Waals surface area (Å²) in [5.74, 6) is 0. The highest BCUT2D eigenvalue weighted by atomic mass is 32.2. The first-order valence-electron chi connectivity index (χ1n) is 13.3. The topological polar surface area (TPSA) is 115 Å². The molecule has 1 aliphatic heterocycles. The maximum atomic E-state index is 9.81. The second-order valence-corrected chi connectivity index (χ2v) is 12.8. The van der Waals surface area contributed by atoms with Crippen LogP contribution < -0.4 is 4.90 Å². The number of benzene rings is 1. The lowest BCUT2D eigenvalue weighted by Gasteiger charge is -2.30. The molecule has 0 spiro atoms. The smallest absolute Gasteiger partial charge is 0.144 e. The summed E-state index contributed by atoms with van der Waals surface area (Å²) in [6, 6.07) is 14.1. The summed E-state index contributed by atoms with van der Waals surface area (Å²) in [5, 5.41) is 47.1. The number of anilines is 1. The zero-order chi connectivity index (χ0) is 29.3. The van der Waals surface area contributed by atoms with Crippen molar-refractivity contribution in [1.29, 1.82) is 15.8 Å². The fraction of sp³-hybridized carbons (Fsp3) is 0.364. The quantitative estimate of drug-likeness (QED) is 0.342. The van der Waals surface area contributed by atoms with Gasteiger partial charge in [-0.3, -0.25) is 0 Å². The summed E-state index contributed by atoms with van der Waals surface area (Å²) in [4.78, 5) is 2.41. The van der Waals surface area contributed by atoms with Crippen LogP contribution in [0.3, 0.4) is 0 Å². The molecule has 0 unspecified atom stereocenters. The van der Waals surface area contributed by atoms with Gasteiger partial charge in [-0.15, -0.1) is 11.8 Å². The Hall–Kier alpha value is -3.80. The van der Waals surface area contributed by atoms with Crippen molar-refractivity contribution in [2.24, 2.45) is 5.41 Å². The zero-order valence-electron chi connectivity index (χ0n) is 23.6. The Morgan fingerprint density at radius 1 is 0.950 bits per heavy atom. The van der Waals surface area contributed by atoms with Gasteiger partial charge in [-0.25, -0.2) is 0 Å². The minimum Gasteiger partial charge on any atom is -0.395 e. The third kappa shape index (κ3) is 7.65. The number of hydrogen-bond donors (Lipinski definition) is 2. The summed E-state index contributed by atoms with van der Waals surface area (Å²) in [6.45, 7) is 9.53. The van der Waals surface area contributed by atoms with Gasteiger partial charge in [0.05, 0.1) is 23.7 Å². The van der Waals surface area contributed by atoms with Crippen LogP contribution in [-0.2, 0) is 0 Å². The summed E-state index contributed by atoms with van der Waals surface area (Å²) in [6.07, 6.45) is 14.3. The van der Waals surface area contributed by atoms with E-state index in [0.29, 0.717) is 23.6 Å². The van der Waals surface area contributed by atoms with Crippen molar-refractivity contribution in [1.82, 2.24) is 0 Å². The molecule has 1 aliphatic carbocycles. The van der Waals surface area contributed by atoms with E-state index in [1.807, 2.05) is 67.3 Å². The lowest BCUT2D eigenvalue weighted by atomic mass is 9.75. The van der Waals surface area contributed by atoms with Gasteiger partial charge in [0.2, 0.25) is 0 Å². The van der Waals surface area contributed by atoms with Gasteiger partial charge in [0.25, 0.3) is 0 Å². The van der Waals surface area contributed by atoms with Crippen LogP contribution in [0, 0.1) is 39.4 Å². The van der Waals surface area contributed by atoms with Gasteiger partial charge in [-0.05, 0) is 66.5 Å². The van der Waals surface area contributed by atoms with Crippen molar-refractivity contribution in [3.8, 4) is 18.2 Å². The zero-order valence-corrected chi connectivity index (χ0v) is 24.4. The van der Waals surface area contributed by atoms with Crippen LogP contribution in [0.15, 0.2) is 87.4 Å². The predicted molar refractivity (Wildman–Crippen MR) is 163 cm³/mol. The summed E-state index contributed by atoms with van der Waals surface area (Å²) >= 11 is 1.38. The van der Waals surface area contributed by atoms with Crippen molar-refractivity contribution >= 4 is 23.5 Å². The van der Waals surface area contributed by atoms with Gasteiger partial charge in [0, 0.05) is 23.5 Å². The Morgan fingerprint density at radius 3 is 2.17 bits per heavy atom. The third-order valence-electron chi connectivity index (χ3n) is 6.86. The van der Waals surface area contributed by atoms with E-state index >= 15 is 0 Å². The van der Waals surface area contributed by atoms with E-state index in [1.54, 1.807) is 0 Å². The van der Waals surface area contributed by atoms with Crippen molar-refractivity contribution < 1.29 is 10.2 Å². The first kappa shape index (κ1) is 30.7. The molecule has 0 fully saturated rings. The van der Waals surface area contributed by atoms with Gasteiger partial charge < -0.3 is 15.1 Å². The van der Waals surface area contributed by atoms with Crippen LogP contribution in [0.1, 0.15) is 46.1 Å². The molecule has 0 aromatic heterocycles. The molecule has 1 aromatic carbocycles. The van der Waals surface area contributed by atoms with Crippen LogP contribution >= 0.6 is 11.8 Å². The number of aliphatic hydroxyl groups excluding tert-OH is 2. The van der Waals surface area contributed by atoms with Crippen molar-refractivity contribution in [2.75, 3.05) is 31.2 Å². The molecule has 2 N–H and O–H groups in total. The first-order chi connectivity index (χ1) is 19.1. The maximum Gasteiger partial charge on any atom is 0.144 e. The lowest BCUT2D eigenvalue weighted by Crippen LogP contribution is -2.29. The standard InChI is InChI=1S/C33H36N4O2S/c1-32(2)19-25(6-5-7-30-29(23-36)31(27(21-34)22-35)40-33(30,3)4)18-26(20-32)9-8-24-10-12-28(13-11-24)37(14-16-38)15-17-39/h5-13,18,38-39H,14-17,19-20H2,1-4H3/b7-5+,9-8+,25-6-. The Balaban J connectivity index is 1.85. The van der Waals surface area contributed by atoms with Gasteiger partial charge >= 0.3 is 0 Å². The van der Waals surface area contributed by atoms with Crippen LogP contribution in [0.5, 0.6) is 0 Å². The Bertz CT molecular complexity index is 1400. The summed E-state index contributed by atoms with van der Waals surface area (Å²) in [7, 11) is 0. The molecule has 3 rings (SSSR count). The Labute approximate surface area is 242 Å². The van der Waals surface area contributed by atoms with E-state index in [9.17, 15) is 26.0 Å². The van der Waals surface area contributed by atoms with Gasteiger partial charge in [-0.2, -0.15) is 15.8 Å². The molecular weight excluding hydrogens is 516 g/mol. The molecule has 0 saturated carbocycles. The van der Waals surface area contributed by atoms with E-state index in [1.165, 1.54) is 22.9 Å². The summed E-state index contributed by atoms with van der Waals surface area (Å²) < 4.78 is -0.424. The second kappa shape index (κ2) is 13.5. The second-order valence-electron chi connectivity index (χ2n) is 11.1. The fourth-order valence-electron chi connectivity index (χ4n) is 5.08. The monoisotopic (exact) mass is 552 g/mol. The van der Waals surface area contributed by atoms with Crippen molar-refractivity contribution in [3.63, 3.8) is 0 Å². The highest BCUT2D eigenvalue weighted by molar-refractivity contribution is 8.05. The molecule has 40 heavy (non-hydrogen) atoms. The number of allylic oxidation sites excluding steroid dienone is 9. The molecule has 0 bridgehead atoms. The molecule has 206 valence electrons. The van der Waals surface area contributed by atoms with Gasteiger partial charge in [-0.1, -0.05) is 62.4 Å². The molecule has 1 heterocycles. The molecule has 2 aliphatic rings. The van der Waals surface area contributed by atoms with Crippen LogP contribution in [0.4, 0.5) is 5.69 Å². The predicted octanol–water partition coefficient (Wildman–Crippen LogP) is 6.37. The van der Waals surface area contributed by atoms with E-state index in [4.69, 9.17) is 0 Å². The highest BCUT2D eigenvalue weighted by Gasteiger charge is 2.37. The number of nitriles is 3. The van der Waals surface area contributed by atoms with E-state index < -0.39 is 4.75 Å². The number of nitrogens with zero attached hydrogens (tertiary/aromatic N) is 4. The van der Waals surface area contributed by atoms with Gasteiger partial charge in [0.1, 0.15) is 23.8 Å². The normalized spacial score (nSPS) is 19.0. The molecule has 1 aromatic rings. The number of hydrogen-bond acceptors (Lipinski definition) is 7. The Morgan fingerprint density at radius 2 is 1.60 bits per heavy atom. The largest absolute Gasteiger partial charge is 0.395 e. The van der Waals surface area contributed by atoms with Crippen molar-refractivity contribution in [3.05, 3.63) is 93.0 Å². The first-order valence-corrected chi connectivity index (χ1v) is 14.1. The molecule has 7 heteroatoms. The third-order valence-corrected chi connectivity index (χ3v) is 8.20.